The molecule has 0 spiro atoms. The van der Waals surface area contributed by atoms with Crippen LogP contribution in [0.15, 0.2) is 72.8 Å². The van der Waals surface area contributed by atoms with E-state index >= 15 is 0 Å². The number of morpholine rings is 1. The Morgan fingerprint density at radius 2 is 1.83 bits per heavy atom. The summed E-state index contributed by atoms with van der Waals surface area (Å²) in [6.45, 7) is 4.63. The molecule has 0 atom stereocenters. The lowest BCUT2D eigenvalue weighted by atomic mass is 10.2. The summed E-state index contributed by atoms with van der Waals surface area (Å²) < 4.78 is 25.9. The van der Waals surface area contributed by atoms with E-state index in [2.05, 4.69) is 9.88 Å². The number of halogens is 1. The summed E-state index contributed by atoms with van der Waals surface area (Å²) in [5.41, 5.74) is 1.19. The van der Waals surface area contributed by atoms with Gasteiger partial charge in [0.1, 0.15) is 17.3 Å². The molecule has 0 aliphatic carbocycles. The van der Waals surface area contributed by atoms with Gasteiger partial charge in [-0.1, -0.05) is 35.6 Å². The number of carbonyl (C=O) groups excluding carboxylic acids is 1. The van der Waals surface area contributed by atoms with E-state index < -0.39 is 0 Å². The van der Waals surface area contributed by atoms with Gasteiger partial charge in [0.2, 0.25) is 0 Å². The maximum atomic E-state index is 13.8. The molecule has 1 fully saturated rings. The average molecular weight is 492 g/mol. The molecule has 4 aromatic rings. The van der Waals surface area contributed by atoms with E-state index in [1.165, 1.54) is 23.5 Å². The van der Waals surface area contributed by atoms with Crippen LogP contribution in [0.2, 0.25) is 0 Å². The standard InChI is InChI=1S/C27H26FN3O3S/c28-21-10-11-24-25(19-21)35-27(29-24)31(13-5-12-30-14-16-33-17-15-30)26(32)20-6-4-9-23(18-20)34-22-7-2-1-3-8-22/h1-4,6-11,18-19H,5,12-17H2. The van der Waals surface area contributed by atoms with E-state index in [0.717, 1.165) is 39.3 Å². The van der Waals surface area contributed by atoms with Gasteiger partial charge in [-0.3, -0.25) is 14.6 Å². The van der Waals surface area contributed by atoms with E-state index in [1.807, 2.05) is 42.5 Å². The number of amides is 1. The molecular weight excluding hydrogens is 465 g/mol. The number of hydrogen-bond donors (Lipinski definition) is 0. The minimum atomic E-state index is -0.316. The summed E-state index contributed by atoms with van der Waals surface area (Å²) in [6.07, 6.45) is 0.788. The number of hydrogen-bond acceptors (Lipinski definition) is 6. The van der Waals surface area contributed by atoms with Gasteiger partial charge in [0, 0.05) is 31.7 Å². The van der Waals surface area contributed by atoms with Gasteiger partial charge in [0.25, 0.3) is 5.91 Å². The van der Waals surface area contributed by atoms with Crippen LogP contribution in [0, 0.1) is 5.82 Å². The number of carbonyl (C=O) groups is 1. The normalized spacial score (nSPS) is 14.2. The quantitative estimate of drug-likeness (QED) is 0.321. The molecule has 6 nitrogen and oxygen atoms in total. The first-order valence-corrected chi connectivity index (χ1v) is 12.5. The fourth-order valence-corrected chi connectivity index (χ4v) is 5.05. The number of ether oxygens (including phenoxy) is 2. The Morgan fingerprint density at radius 3 is 2.66 bits per heavy atom. The van der Waals surface area contributed by atoms with Gasteiger partial charge < -0.3 is 9.47 Å². The van der Waals surface area contributed by atoms with E-state index in [1.54, 1.807) is 23.1 Å². The zero-order valence-electron chi connectivity index (χ0n) is 19.2. The summed E-state index contributed by atoms with van der Waals surface area (Å²) in [5.74, 6) is 0.808. The fraction of sp³-hybridized carbons (Fsp3) is 0.259. The van der Waals surface area contributed by atoms with E-state index in [-0.39, 0.29) is 11.7 Å². The van der Waals surface area contributed by atoms with E-state index in [4.69, 9.17) is 9.47 Å². The highest BCUT2D eigenvalue weighted by molar-refractivity contribution is 7.22. The molecule has 0 unspecified atom stereocenters. The lowest BCUT2D eigenvalue weighted by Crippen LogP contribution is -2.39. The number of aromatic nitrogens is 1. The van der Waals surface area contributed by atoms with Crippen molar-refractivity contribution in [3.8, 4) is 11.5 Å². The number of nitrogens with zero attached hydrogens (tertiary/aromatic N) is 3. The molecule has 35 heavy (non-hydrogen) atoms. The van der Waals surface area contributed by atoms with Crippen molar-refractivity contribution in [3.05, 3.63) is 84.2 Å². The van der Waals surface area contributed by atoms with Crippen LogP contribution < -0.4 is 9.64 Å². The van der Waals surface area contributed by atoms with Crippen LogP contribution in [0.5, 0.6) is 11.5 Å². The zero-order valence-corrected chi connectivity index (χ0v) is 20.0. The predicted molar refractivity (Wildman–Crippen MR) is 136 cm³/mol. The first kappa shape index (κ1) is 23.4. The summed E-state index contributed by atoms with van der Waals surface area (Å²) in [6, 6.07) is 21.1. The molecule has 1 aliphatic rings. The number of fused-ring (bicyclic) bond motifs is 1. The second-order valence-corrected chi connectivity index (χ2v) is 9.32. The van der Waals surface area contributed by atoms with Crippen LogP contribution in [0.1, 0.15) is 16.8 Å². The van der Waals surface area contributed by atoms with Gasteiger partial charge >= 0.3 is 0 Å². The number of thiazole rings is 1. The third-order valence-corrected chi connectivity index (χ3v) is 6.88. The molecule has 0 saturated carbocycles. The van der Waals surface area contributed by atoms with Crippen molar-refractivity contribution in [1.82, 2.24) is 9.88 Å². The lowest BCUT2D eigenvalue weighted by Gasteiger charge is -2.27. The van der Waals surface area contributed by atoms with Gasteiger partial charge in [-0.2, -0.15) is 0 Å². The molecule has 0 N–H and O–H groups in total. The molecule has 0 bridgehead atoms. The molecule has 1 amide bonds. The Morgan fingerprint density at radius 1 is 1.03 bits per heavy atom. The largest absolute Gasteiger partial charge is 0.457 e. The summed E-state index contributed by atoms with van der Waals surface area (Å²) in [7, 11) is 0. The molecule has 2 heterocycles. The lowest BCUT2D eigenvalue weighted by molar-refractivity contribution is 0.0376. The van der Waals surface area contributed by atoms with Crippen LogP contribution in [-0.2, 0) is 4.74 Å². The molecule has 5 rings (SSSR count). The van der Waals surface area contributed by atoms with Gasteiger partial charge in [0.05, 0.1) is 23.4 Å². The van der Waals surface area contributed by atoms with Crippen molar-refractivity contribution in [2.24, 2.45) is 0 Å². The van der Waals surface area contributed by atoms with Gasteiger partial charge in [-0.25, -0.2) is 9.37 Å². The van der Waals surface area contributed by atoms with Crippen molar-refractivity contribution in [3.63, 3.8) is 0 Å². The van der Waals surface area contributed by atoms with Crippen molar-refractivity contribution in [2.45, 2.75) is 6.42 Å². The van der Waals surface area contributed by atoms with Gasteiger partial charge in [-0.15, -0.1) is 0 Å². The third kappa shape index (κ3) is 5.85. The Balaban J connectivity index is 1.38. The summed E-state index contributed by atoms with van der Waals surface area (Å²) >= 11 is 1.32. The maximum absolute atomic E-state index is 13.8. The van der Waals surface area contributed by atoms with Crippen molar-refractivity contribution in [1.29, 1.82) is 0 Å². The van der Waals surface area contributed by atoms with Crippen molar-refractivity contribution >= 4 is 32.6 Å². The predicted octanol–water partition coefficient (Wildman–Crippen LogP) is 5.60. The Hall–Kier alpha value is -3.33. The van der Waals surface area contributed by atoms with Gasteiger partial charge in [0.15, 0.2) is 5.13 Å². The first-order valence-electron chi connectivity index (χ1n) is 11.7. The fourth-order valence-electron chi connectivity index (χ4n) is 4.04. The average Bonchev–Trinajstić information content (AvgIpc) is 3.30. The minimum absolute atomic E-state index is 0.162. The van der Waals surface area contributed by atoms with Crippen LogP contribution in [-0.4, -0.2) is 55.2 Å². The number of para-hydroxylation sites is 1. The molecular formula is C27H26FN3O3S. The summed E-state index contributed by atoms with van der Waals surface area (Å²) in [5, 5.41) is 0.562. The molecule has 3 aromatic carbocycles. The monoisotopic (exact) mass is 491 g/mol. The maximum Gasteiger partial charge on any atom is 0.260 e. The highest BCUT2D eigenvalue weighted by Crippen LogP contribution is 2.31. The molecule has 1 aromatic heterocycles. The van der Waals surface area contributed by atoms with Crippen molar-refractivity contribution in [2.75, 3.05) is 44.3 Å². The number of rotatable bonds is 8. The van der Waals surface area contributed by atoms with E-state index in [9.17, 15) is 9.18 Å². The Labute approximate surface area is 207 Å². The molecule has 1 saturated heterocycles. The topological polar surface area (TPSA) is 54.9 Å². The smallest absolute Gasteiger partial charge is 0.260 e. The molecule has 0 radical (unpaired) electrons. The van der Waals surface area contributed by atoms with E-state index in [0.29, 0.717) is 39.0 Å². The van der Waals surface area contributed by atoms with Gasteiger partial charge in [-0.05, 0) is 55.0 Å². The van der Waals surface area contributed by atoms with Crippen LogP contribution >= 0.6 is 11.3 Å². The van der Waals surface area contributed by atoms with Crippen molar-refractivity contribution < 1.29 is 18.7 Å². The Kier molecular flexibility index (Phi) is 7.32. The zero-order chi connectivity index (χ0) is 24.0. The van der Waals surface area contributed by atoms with Crippen LogP contribution in [0.4, 0.5) is 9.52 Å². The van der Waals surface area contributed by atoms with Crippen LogP contribution in [0.25, 0.3) is 10.2 Å². The highest BCUT2D eigenvalue weighted by atomic mass is 32.1. The van der Waals surface area contributed by atoms with Crippen LogP contribution in [0.3, 0.4) is 0 Å². The number of anilines is 1. The molecule has 1 aliphatic heterocycles. The summed E-state index contributed by atoms with van der Waals surface area (Å²) in [4.78, 5) is 22.4. The number of benzene rings is 3. The Bertz CT molecular complexity index is 1290. The third-order valence-electron chi connectivity index (χ3n) is 5.83. The molecule has 180 valence electrons. The molecule has 8 heteroatoms. The SMILES string of the molecule is O=C(c1cccc(Oc2ccccc2)c1)N(CCCN1CCOCC1)c1nc2ccc(F)cc2s1. The first-order chi connectivity index (χ1) is 17.2. The second-order valence-electron chi connectivity index (χ2n) is 8.32. The highest BCUT2D eigenvalue weighted by Gasteiger charge is 2.22. The minimum Gasteiger partial charge on any atom is -0.457 e. The second kappa shape index (κ2) is 10.9.